The number of fused-ring (bicyclic) bond motifs is 1. The lowest BCUT2D eigenvalue weighted by atomic mass is 10.2. The van der Waals surface area contributed by atoms with Crippen molar-refractivity contribution in [3.63, 3.8) is 0 Å². The van der Waals surface area contributed by atoms with Crippen molar-refractivity contribution in [1.82, 2.24) is 9.78 Å². The molecule has 1 heterocycles. The average molecular weight is 283 g/mol. The standard InChI is InChI=1S/C16H17N3S/c1-19-16-8-3-2-7-14(16)15(18-19)11-20-13-6-4-5-12(9-13)10-17/h2-9H,10-11,17H2,1H3. The van der Waals surface area contributed by atoms with Crippen LogP contribution >= 0.6 is 11.8 Å². The molecular weight excluding hydrogens is 266 g/mol. The van der Waals surface area contributed by atoms with E-state index < -0.39 is 0 Å². The van der Waals surface area contributed by atoms with E-state index in [1.165, 1.54) is 21.4 Å². The smallest absolute Gasteiger partial charge is 0.0805 e. The predicted octanol–water partition coefficient (Wildman–Crippen LogP) is 3.32. The van der Waals surface area contributed by atoms with Gasteiger partial charge in [-0.1, -0.05) is 30.3 Å². The SMILES string of the molecule is Cn1nc(CSc2cccc(CN)c2)c2ccccc21. The van der Waals surface area contributed by atoms with Crippen LogP contribution in [0.3, 0.4) is 0 Å². The van der Waals surface area contributed by atoms with Gasteiger partial charge in [-0.3, -0.25) is 4.68 Å². The van der Waals surface area contributed by atoms with Gasteiger partial charge in [0.05, 0.1) is 11.2 Å². The number of hydrogen-bond donors (Lipinski definition) is 1. The van der Waals surface area contributed by atoms with E-state index in [9.17, 15) is 0 Å². The van der Waals surface area contributed by atoms with Crippen LogP contribution < -0.4 is 5.73 Å². The van der Waals surface area contributed by atoms with Crippen molar-refractivity contribution in [3.8, 4) is 0 Å². The molecule has 0 amide bonds. The molecule has 0 fully saturated rings. The van der Waals surface area contributed by atoms with Gasteiger partial charge in [0.2, 0.25) is 0 Å². The summed E-state index contributed by atoms with van der Waals surface area (Å²) >= 11 is 1.80. The van der Waals surface area contributed by atoms with Crippen LogP contribution in [0.25, 0.3) is 10.9 Å². The molecule has 3 aromatic rings. The monoisotopic (exact) mass is 283 g/mol. The summed E-state index contributed by atoms with van der Waals surface area (Å²) in [6.07, 6.45) is 0. The fraction of sp³-hybridized carbons (Fsp3) is 0.188. The topological polar surface area (TPSA) is 43.8 Å². The molecule has 3 nitrogen and oxygen atoms in total. The summed E-state index contributed by atoms with van der Waals surface area (Å²) in [5.74, 6) is 0.870. The van der Waals surface area contributed by atoms with Gasteiger partial charge in [-0.25, -0.2) is 0 Å². The largest absolute Gasteiger partial charge is 0.326 e. The summed E-state index contributed by atoms with van der Waals surface area (Å²) in [5.41, 5.74) is 9.16. The number of rotatable bonds is 4. The molecule has 0 unspecified atom stereocenters. The van der Waals surface area contributed by atoms with E-state index in [0.717, 1.165) is 11.4 Å². The quantitative estimate of drug-likeness (QED) is 0.747. The van der Waals surface area contributed by atoms with Crippen LogP contribution in [0.4, 0.5) is 0 Å². The first-order chi connectivity index (χ1) is 9.78. The number of thioether (sulfide) groups is 1. The van der Waals surface area contributed by atoms with Crippen LogP contribution in [0.15, 0.2) is 53.4 Å². The summed E-state index contributed by atoms with van der Waals surface area (Å²) < 4.78 is 1.95. The van der Waals surface area contributed by atoms with Gasteiger partial charge in [0.15, 0.2) is 0 Å². The first-order valence-electron chi connectivity index (χ1n) is 6.60. The zero-order valence-corrected chi connectivity index (χ0v) is 12.2. The van der Waals surface area contributed by atoms with Crippen molar-refractivity contribution in [2.24, 2.45) is 12.8 Å². The lowest BCUT2D eigenvalue weighted by Gasteiger charge is -2.02. The van der Waals surface area contributed by atoms with Crippen molar-refractivity contribution in [3.05, 3.63) is 59.8 Å². The van der Waals surface area contributed by atoms with E-state index in [0.29, 0.717) is 6.54 Å². The average Bonchev–Trinajstić information content (AvgIpc) is 2.82. The molecule has 0 saturated heterocycles. The highest BCUT2D eigenvalue weighted by Gasteiger charge is 2.08. The Kier molecular flexibility index (Phi) is 3.76. The maximum absolute atomic E-state index is 5.68. The van der Waals surface area contributed by atoms with Gasteiger partial charge in [0.25, 0.3) is 0 Å². The lowest BCUT2D eigenvalue weighted by molar-refractivity contribution is 0.781. The van der Waals surface area contributed by atoms with Crippen LogP contribution in [0.2, 0.25) is 0 Å². The Bertz CT molecular complexity index is 733. The van der Waals surface area contributed by atoms with E-state index >= 15 is 0 Å². The number of aromatic nitrogens is 2. The van der Waals surface area contributed by atoms with Crippen LogP contribution in [-0.2, 0) is 19.3 Å². The molecule has 102 valence electrons. The van der Waals surface area contributed by atoms with Gasteiger partial charge in [-0.05, 0) is 23.8 Å². The molecule has 0 aliphatic heterocycles. The number of hydrogen-bond acceptors (Lipinski definition) is 3. The molecule has 0 radical (unpaired) electrons. The number of nitrogens with two attached hydrogens (primary N) is 1. The van der Waals surface area contributed by atoms with Crippen LogP contribution in [0.5, 0.6) is 0 Å². The zero-order valence-electron chi connectivity index (χ0n) is 11.4. The van der Waals surface area contributed by atoms with Gasteiger partial charge >= 0.3 is 0 Å². The molecular formula is C16H17N3S. The predicted molar refractivity (Wildman–Crippen MR) is 84.6 cm³/mol. The molecule has 2 aromatic carbocycles. The van der Waals surface area contributed by atoms with E-state index in [4.69, 9.17) is 5.73 Å². The minimum Gasteiger partial charge on any atom is -0.326 e. The van der Waals surface area contributed by atoms with Gasteiger partial charge in [-0.2, -0.15) is 5.10 Å². The summed E-state index contributed by atoms with van der Waals surface area (Å²) in [6, 6.07) is 16.7. The Balaban J connectivity index is 1.83. The molecule has 1 aromatic heterocycles. The Labute approximate surface area is 122 Å². The van der Waals surface area contributed by atoms with E-state index in [2.05, 4.69) is 47.6 Å². The summed E-state index contributed by atoms with van der Waals surface area (Å²) in [6.45, 7) is 0.584. The van der Waals surface area contributed by atoms with Crippen LogP contribution in [-0.4, -0.2) is 9.78 Å². The fourth-order valence-corrected chi connectivity index (χ4v) is 3.24. The molecule has 0 aliphatic rings. The van der Waals surface area contributed by atoms with Crippen molar-refractivity contribution >= 4 is 22.7 Å². The third-order valence-corrected chi connectivity index (χ3v) is 4.35. The van der Waals surface area contributed by atoms with Crippen LogP contribution in [0, 0.1) is 0 Å². The molecule has 20 heavy (non-hydrogen) atoms. The van der Waals surface area contributed by atoms with Crippen molar-refractivity contribution in [1.29, 1.82) is 0 Å². The molecule has 4 heteroatoms. The summed E-state index contributed by atoms with van der Waals surface area (Å²) in [7, 11) is 1.99. The minimum absolute atomic E-state index is 0.584. The molecule has 0 atom stereocenters. The molecule has 0 spiro atoms. The Hall–Kier alpha value is -1.78. The van der Waals surface area contributed by atoms with E-state index in [-0.39, 0.29) is 0 Å². The third kappa shape index (κ3) is 2.57. The Morgan fingerprint density at radius 2 is 2.00 bits per heavy atom. The van der Waals surface area contributed by atoms with Crippen molar-refractivity contribution in [2.75, 3.05) is 0 Å². The molecule has 0 saturated carbocycles. The van der Waals surface area contributed by atoms with Crippen LogP contribution in [0.1, 0.15) is 11.3 Å². The minimum atomic E-state index is 0.584. The van der Waals surface area contributed by atoms with Gasteiger partial charge < -0.3 is 5.73 Å². The first kappa shape index (κ1) is 13.2. The number of aryl methyl sites for hydroxylation is 1. The Morgan fingerprint density at radius 3 is 2.85 bits per heavy atom. The molecule has 3 rings (SSSR count). The summed E-state index contributed by atoms with van der Waals surface area (Å²) in [5, 5.41) is 5.85. The normalized spacial score (nSPS) is 11.1. The van der Waals surface area contributed by atoms with Crippen molar-refractivity contribution in [2.45, 2.75) is 17.2 Å². The number of para-hydroxylation sites is 1. The highest BCUT2D eigenvalue weighted by atomic mass is 32.2. The molecule has 0 aliphatic carbocycles. The number of benzene rings is 2. The highest BCUT2D eigenvalue weighted by Crippen LogP contribution is 2.27. The lowest BCUT2D eigenvalue weighted by Crippen LogP contribution is -1.95. The Morgan fingerprint density at radius 1 is 1.15 bits per heavy atom. The maximum atomic E-state index is 5.68. The highest BCUT2D eigenvalue weighted by molar-refractivity contribution is 7.98. The first-order valence-corrected chi connectivity index (χ1v) is 7.59. The van der Waals surface area contributed by atoms with Gasteiger partial charge in [-0.15, -0.1) is 11.8 Å². The summed E-state index contributed by atoms with van der Waals surface area (Å²) in [4.78, 5) is 1.24. The maximum Gasteiger partial charge on any atom is 0.0805 e. The van der Waals surface area contributed by atoms with Gasteiger partial charge in [0, 0.05) is 29.6 Å². The second-order valence-electron chi connectivity index (χ2n) is 4.73. The second kappa shape index (κ2) is 5.69. The van der Waals surface area contributed by atoms with Gasteiger partial charge in [0.1, 0.15) is 0 Å². The van der Waals surface area contributed by atoms with E-state index in [1.807, 2.05) is 17.8 Å². The van der Waals surface area contributed by atoms with E-state index in [1.54, 1.807) is 11.8 Å². The second-order valence-corrected chi connectivity index (χ2v) is 5.78. The molecule has 2 N–H and O–H groups in total. The van der Waals surface area contributed by atoms with Crippen molar-refractivity contribution < 1.29 is 0 Å². The fourth-order valence-electron chi connectivity index (χ4n) is 2.31. The molecule has 0 bridgehead atoms. The number of nitrogens with zero attached hydrogens (tertiary/aromatic N) is 2. The third-order valence-electron chi connectivity index (χ3n) is 3.34. The zero-order chi connectivity index (χ0) is 13.9.